The average Bonchev–Trinajstić information content (AvgIpc) is 2.65. The molecule has 1 saturated carbocycles. The van der Waals surface area contributed by atoms with E-state index in [1.165, 1.54) is 6.92 Å². The number of anilines is 2. The summed E-state index contributed by atoms with van der Waals surface area (Å²) in [6.45, 7) is 1.47. The van der Waals surface area contributed by atoms with Gasteiger partial charge in [0.05, 0.1) is 4.90 Å². The van der Waals surface area contributed by atoms with Crippen LogP contribution in [-0.4, -0.2) is 26.4 Å². The summed E-state index contributed by atoms with van der Waals surface area (Å²) in [7, 11) is -3.54. The molecule has 3 N–H and O–H groups in total. The van der Waals surface area contributed by atoms with Crippen molar-refractivity contribution < 1.29 is 13.2 Å². The fourth-order valence-electron chi connectivity index (χ4n) is 3.38. The van der Waals surface area contributed by atoms with Gasteiger partial charge in [-0.1, -0.05) is 31.0 Å². The molecule has 1 fully saturated rings. The van der Waals surface area contributed by atoms with Crippen LogP contribution in [0, 0.1) is 0 Å². The van der Waals surface area contributed by atoms with E-state index in [1.54, 1.807) is 30.3 Å². The van der Waals surface area contributed by atoms with Crippen molar-refractivity contribution in [1.29, 1.82) is 0 Å². The van der Waals surface area contributed by atoms with Crippen LogP contribution in [0.15, 0.2) is 59.5 Å². The Bertz CT molecular complexity index is 867. The number of carbonyl (C=O) groups excluding carboxylic acids is 1. The molecule has 0 radical (unpaired) electrons. The van der Waals surface area contributed by atoms with Gasteiger partial charge in [-0.15, -0.1) is 0 Å². The van der Waals surface area contributed by atoms with Crippen molar-refractivity contribution in [3.05, 3.63) is 54.6 Å². The van der Waals surface area contributed by atoms with Gasteiger partial charge < -0.3 is 10.6 Å². The van der Waals surface area contributed by atoms with Gasteiger partial charge in [-0.25, -0.2) is 13.1 Å². The number of carbonyl (C=O) groups is 1. The van der Waals surface area contributed by atoms with Crippen LogP contribution in [0.5, 0.6) is 0 Å². The topological polar surface area (TPSA) is 87.3 Å². The van der Waals surface area contributed by atoms with E-state index in [0.717, 1.165) is 37.1 Å². The first-order chi connectivity index (χ1) is 12.9. The zero-order chi connectivity index (χ0) is 19.3. The van der Waals surface area contributed by atoms with Gasteiger partial charge >= 0.3 is 0 Å². The highest BCUT2D eigenvalue weighted by atomic mass is 32.2. The maximum atomic E-state index is 12.7. The van der Waals surface area contributed by atoms with Crippen molar-refractivity contribution in [3.8, 4) is 0 Å². The van der Waals surface area contributed by atoms with Crippen LogP contribution in [0.2, 0.25) is 0 Å². The minimum absolute atomic E-state index is 0.0175. The van der Waals surface area contributed by atoms with E-state index >= 15 is 0 Å². The zero-order valence-electron chi connectivity index (χ0n) is 15.3. The van der Waals surface area contributed by atoms with Gasteiger partial charge in [-0.3, -0.25) is 4.79 Å². The van der Waals surface area contributed by atoms with Gasteiger partial charge in [-0.2, -0.15) is 0 Å². The molecule has 0 unspecified atom stereocenters. The molecule has 27 heavy (non-hydrogen) atoms. The Labute approximate surface area is 160 Å². The number of hydrogen-bond donors (Lipinski definition) is 3. The lowest BCUT2D eigenvalue weighted by molar-refractivity contribution is -0.114. The second kappa shape index (κ2) is 8.54. The molecule has 0 aliphatic heterocycles. The van der Waals surface area contributed by atoms with Gasteiger partial charge in [0, 0.05) is 30.4 Å². The quantitative estimate of drug-likeness (QED) is 0.709. The fourth-order valence-corrected chi connectivity index (χ4v) is 4.71. The Kier molecular flexibility index (Phi) is 6.13. The highest BCUT2D eigenvalue weighted by Gasteiger charge is 2.29. The van der Waals surface area contributed by atoms with Crippen molar-refractivity contribution in [3.63, 3.8) is 0 Å². The lowest BCUT2D eigenvalue weighted by Crippen LogP contribution is -2.48. The predicted octanol–water partition coefficient (Wildman–Crippen LogP) is 3.35. The number of amides is 1. The summed E-state index contributed by atoms with van der Waals surface area (Å²) in [4.78, 5) is 11.4. The van der Waals surface area contributed by atoms with Gasteiger partial charge in [0.25, 0.3) is 0 Å². The summed E-state index contributed by atoms with van der Waals surface area (Å²) in [5.41, 5.74) is 1.64. The number of hydrogen-bond acceptors (Lipinski definition) is 4. The van der Waals surface area contributed by atoms with Crippen molar-refractivity contribution in [2.45, 2.75) is 49.6 Å². The van der Waals surface area contributed by atoms with Gasteiger partial charge in [0.1, 0.15) is 0 Å². The molecule has 144 valence electrons. The van der Waals surface area contributed by atoms with Crippen LogP contribution >= 0.6 is 0 Å². The molecule has 0 bridgehead atoms. The Balaban J connectivity index is 1.69. The molecular formula is C20H25N3O3S. The Morgan fingerprint density at radius 3 is 2.11 bits per heavy atom. The third kappa shape index (κ3) is 5.30. The number of benzene rings is 2. The van der Waals surface area contributed by atoms with Crippen molar-refractivity contribution in [2.75, 3.05) is 10.6 Å². The molecule has 0 spiro atoms. The summed E-state index contributed by atoms with van der Waals surface area (Å²) in [6, 6.07) is 15.8. The Morgan fingerprint density at radius 2 is 1.48 bits per heavy atom. The SMILES string of the molecule is CC(=O)Nc1ccc(N[C@H]2CCCC[C@H]2NS(=O)(=O)c2ccccc2)cc1. The lowest BCUT2D eigenvalue weighted by atomic mass is 9.91. The third-order valence-corrected chi connectivity index (χ3v) is 6.19. The maximum absolute atomic E-state index is 12.7. The highest BCUT2D eigenvalue weighted by Crippen LogP contribution is 2.25. The predicted molar refractivity (Wildman–Crippen MR) is 107 cm³/mol. The van der Waals surface area contributed by atoms with E-state index in [2.05, 4.69) is 15.4 Å². The monoisotopic (exact) mass is 387 g/mol. The minimum Gasteiger partial charge on any atom is -0.381 e. The Hall–Kier alpha value is -2.38. The van der Waals surface area contributed by atoms with Crippen LogP contribution in [0.25, 0.3) is 0 Å². The van der Waals surface area contributed by atoms with Gasteiger partial charge in [0.15, 0.2) is 0 Å². The second-order valence-corrected chi connectivity index (χ2v) is 8.55. The van der Waals surface area contributed by atoms with E-state index in [4.69, 9.17) is 0 Å². The highest BCUT2D eigenvalue weighted by molar-refractivity contribution is 7.89. The van der Waals surface area contributed by atoms with E-state index in [9.17, 15) is 13.2 Å². The summed E-state index contributed by atoms with van der Waals surface area (Å²) in [5, 5.41) is 6.18. The number of rotatable bonds is 6. The van der Waals surface area contributed by atoms with E-state index in [-0.39, 0.29) is 22.9 Å². The molecule has 2 aromatic carbocycles. The van der Waals surface area contributed by atoms with Crippen molar-refractivity contribution >= 4 is 27.3 Å². The molecule has 0 heterocycles. The normalized spacial score (nSPS) is 20.0. The number of nitrogens with one attached hydrogen (secondary N) is 3. The van der Waals surface area contributed by atoms with Crippen LogP contribution in [0.3, 0.4) is 0 Å². The Morgan fingerprint density at radius 1 is 0.889 bits per heavy atom. The van der Waals surface area contributed by atoms with Crippen LogP contribution in [-0.2, 0) is 14.8 Å². The van der Waals surface area contributed by atoms with Crippen molar-refractivity contribution in [1.82, 2.24) is 4.72 Å². The molecule has 7 heteroatoms. The first-order valence-corrected chi connectivity index (χ1v) is 10.6. The molecule has 1 aliphatic carbocycles. The van der Waals surface area contributed by atoms with E-state index < -0.39 is 10.0 Å². The smallest absolute Gasteiger partial charge is 0.240 e. The van der Waals surface area contributed by atoms with E-state index in [1.807, 2.05) is 24.3 Å². The molecule has 3 rings (SSSR count). The summed E-state index contributed by atoms with van der Waals surface area (Å²) in [5.74, 6) is -0.113. The lowest BCUT2D eigenvalue weighted by Gasteiger charge is -2.33. The molecule has 2 aromatic rings. The summed E-state index contributed by atoms with van der Waals surface area (Å²) < 4.78 is 28.2. The van der Waals surface area contributed by atoms with Gasteiger partial charge in [0.2, 0.25) is 15.9 Å². The second-order valence-electron chi connectivity index (χ2n) is 6.83. The van der Waals surface area contributed by atoms with Gasteiger partial charge in [-0.05, 0) is 49.2 Å². The first kappa shape index (κ1) is 19.4. The standard InChI is InChI=1S/C20H25N3O3S/c1-15(24)21-16-11-13-17(14-12-16)22-19-9-5-6-10-20(19)23-27(25,26)18-7-3-2-4-8-18/h2-4,7-8,11-14,19-20,22-23H,5-6,9-10H2,1H3,(H,21,24)/t19-,20+/m0/s1. The molecule has 1 amide bonds. The summed E-state index contributed by atoms with van der Waals surface area (Å²) >= 11 is 0. The molecule has 1 aliphatic rings. The largest absolute Gasteiger partial charge is 0.381 e. The summed E-state index contributed by atoms with van der Waals surface area (Å²) in [6.07, 6.45) is 3.76. The molecule has 2 atom stereocenters. The molecule has 0 saturated heterocycles. The van der Waals surface area contributed by atoms with Crippen LogP contribution in [0.4, 0.5) is 11.4 Å². The molecular weight excluding hydrogens is 362 g/mol. The molecule has 6 nitrogen and oxygen atoms in total. The van der Waals surface area contributed by atoms with Crippen molar-refractivity contribution in [2.24, 2.45) is 0 Å². The molecule has 0 aromatic heterocycles. The third-order valence-electron chi connectivity index (χ3n) is 4.68. The van der Waals surface area contributed by atoms with E-state index in [0.29, 0.717) is 0 Å². The van der Waals surface area contributed by atoms with Crippen LogP contribution < -0.4 is 15.4 Å². The number of sulfonamides is 1. The zero-order valence-corrected chi connectivity index (χ0v) is 16.1. The average molecular weight is 388 g/mol. The fraction of sp³-hybridized carbons (Fsp3) is 0.350. The maximum Gasteiger partial charge on any atom is 0.240 e. The van der Waals surface area contributed by atoms with Crippen LogP contribution in [0.1, 0.15) is 32.6 Å². The first-order valence-electron chi connectivity index (χ1n) is 9.15. The minimum atomic E-state index is -3.54.